The largest absolute Gasteiger partial charge is 0.271 e. The first-order valence-electron chi connectivity index (χ1n) is 6.12. The Morgan fingerprint density at radius 2 is 2.00 bits per heavy atom. The van der Waals surface area contributed by atoms with Crippen molar-refractivity contribution in [1.82, 2.24) is 14.1 Å². The molecule has 0 atom stereocenters. The minimum atomic E-state index is -3.61. The number of sulfonamides is 1. The summed E-state index contributed by atoms with van der Waals surface area (Å²) < 4.78 is 28.3. The summed E-state index contributed by atoms with van der Waals surface area (Å²) in [5.41, 5.74) is 1.10. The molecular weight excluding hydrogens is 264 g/mol. The maximum Gasteiger partial charge on any atom is 0.247 e. The van der Waals surface area contributed by atoms with Crippen LogP contribution in [0.1, 0.15) is 31.7 Å². The Morgan fingerprint density at radius 1 is 1.42 bits per heavy atom. The molecule has 1 aromatic rings. The summed E-state index contributed by atoms with van der Waals surface area (Å²) >= 11 is 0. The molecule has 0 saturated carbocycles. The molecule has 0 spiro atoms. The molecule has 0 bridgehead atoms. The molecule has 106 valence electrons. The second-order valence-corrected chi connectivity index (χ2v) is 6.57. The van der Waals surface area contributed by atoms with Crippen molar-refractivity contribution in [1.29, 1.82) is 5.26 Å². The van der Waals surface area contributed by atoms with Gasteiger partial charge in [-0.15, -0.1) is 0 Å². The summed E-state index contributed by atoms with van der Waals surface area (Å²) in [7, 11) is -1.90. The van der Waals surface area contributed by atoms with Gasteiger partial charge in [0.25, 0.3) is 0 Å². The van der Waals surface area contributed by atoms with Crippen LogP contribution in [0.2, 0.25) is 0 Å². The van der Waals surface area contributed by atoms with E-state index in [0.29, 0.717) is 11.4 Å². The van der Waals surface area contributed by atoms with E-state index in [1.807, 2.05) is 6.07 Å². The van der Waals surface area contributed by atoms with Crippen molar-refractivity contribution in [2.75, 3.05) is 6.54 Å². The first-order chi connectivity index (χ1) is 8.73. The molecule has 6 nitrogen and oxygen atoms in total. The fourth-order valence-corrected chi connectivity index (χ4v) is 4.10. The van der Waals surface area contributed by atoms with Crippen LogP contribution in [0.4, 0.5) is 0 Å². The summed E-state index contributed by atoms with van der Waals surface area (Å²) in [6.07, 6.45) is 0.176. The van der Waals surface area contributed by atoms with E-state index < -0.39 is 10.0 Å². The average molecular weight is 284 g/mol. The molecule has 0 saturated heterocycles. The molecule has 7 heteroatoms. The zero-order valence-electron chi connectivity index (χ0n) is 12.0. The zero-order chi connectivity index (χ0) is 14.8. The van der Waals surface area contributed by atoms with E-state index >= 15 is 0 Å². The number of aromatic nitrogens is 2. The van der Waals surface area contributed by atoms with Gasteiger partial charge in [0.2, 0.25) is 10.0 Å². The molecule has 19 heavy (non-hydrogen) atoms. The van der Waals surface area contributed by atoms with E-state index in [0.717, 1.165) is 0 Å². The lowest BCUT2D eigenvalue weighted by atomic mass is 10.3. The summed E-state index contributed by atoms with van der Waals surface area (Å²) in [6.45, 7) is 7.22. The molecule has 0 N–H and O–H groups in total. The molecule has 0 aromatic carbocycles. The average Bonchev–Trinajstić information content (AvgIpc) is 2.52. The minimum Gasteiger partial charge on any atom is -0.271 e. The van der Waals surface area contributed by atoms with E-state index in [1.165, 1.54) is 4.31 Å². The Hall–Kier alpha value is -1.39. The highest BCUT2D eigenvalue weighted by Gasteiger charge is 2.31. The van der Waals surface area contributed by atoms with Crippen LogP contribution < -0.4 is 0 Å². The van der Waals surface area contributed by atoms with Crippen LogP contribution in [0.5, 0.6) is 0 Å². The SMILES string of the molecule is Cc1nn(C)c(C)c1S(=O)(=O)N(CCC#N)C(C)C. The number of rotatable bonds is 5. The fraction of sp³-hybridized carbons (Fsp3) is 0.667. The van der Waals surface area contributed by atoms with Gasteiger partial charge in [0.15, 0.2) is 0 Å². The first kappa shape index (κ1) is 15.7. The summed E-state index contributed by atoms with van der Waals surface area (Å²) in [5.74, 6) is 0. The zero-order valence-corrected chi connectivity index (χ0v) is 12.8. The number of aryl methyl sites for hydroxylation is 2. The standard InChI is InChI=1S/C12H20N4O2S/c1-9(2)16(8-6-7-13)19(17,18)12-10(3)14-15(5)11(12)4/h9H,6,8H2,1-5H3. The van der Waals surface area contributed by atoms with Crippen molar-refractivity contribution >= 4 is 10.0 Å². The van der Waals surface area contributed by atoms with Gasteiger partial charge in [0.1, 0.15) is 4.90 Å². The van der Waals surface area contributed by atoms with Crippen LogP contribution in [-0.4, -0.2) is 35.1 Å². The van der Waals surface area contributed by atoms with Gasteiger partial charge in [-0.3, -0.25) is 4.68 Å². The highest BCUT2D eigenvalue weighted by molar-refractivity contribution is 7.89. The molecule has 0 aliphatic carbocycles. The summed E-state index contributed by atoms with van der Waals surface area (Å²) in [5, 5.41) is 12.8. The Balaban J connectivity index is 3.32. The van der Waals surface area contributed by atoms with Gasteiger partial charge in [-0.2, -0.15) is 14.7 Å². The van der Waals surface area contributed by atoms with Crippen molar-refractivity contribution in [2.24, 2.45) is 7.05 Å². The molecule has 1 heterocycles. The molecular formula is C12H20N4O2S. The number of nitrogens with zero attached hydrogens (tertiary/aromatic N) is 4. The van der Waals surface area contributed by atoms with Crippen molar-refractivity contribution in [2.45, 2.75) is 45.1 Å². The quantitative estimate of drug-likeness (QED) is 0.817. The van der Waals surface area contributed by atoms with Crippen LogP contribution in [0.25, 0.3) is 0 Å². The Kier molecular flexibility index (Phi) is 4.71. The third-order valence-corrected chi connectivity index (χ3v) is 5.36. The molecule has 1 aromatic heterocycles. The van der Waals surface area contributed by atoms with Crippen molar-refractivity contribution < 1.29 is 8.42 Å². The van der Waals surface area contributed by atoms with Gasteiger partial charge >= 0.3 is 0 Å². The topological polar surface area (TPSA) is 79.0 Å². The maximum atomic E-state index is 12.7. The van der Waals surface area contributed by atoms with Crippen LogP contribution in [0.3, 0.4) is 0 Å². The molecule has 0 fully saturated rings. The Bertz CT molecular complexity index is 596. The summed E-state index contributed by atoms with van der Waals surface area (Å²) in [6, 6.07) is 1.79. The predicted molar refractivity (Wildman–Crippen MR) is 71.9 cm³/mol. The van der Waals surface area contributed by atoms with Crippen LogP contribution in [0, 0.1) is 25.2 Å². The van der Waals surface area contributed by atoms with E-state index in [4.69, 9.17) is 5.26 Å². The van der Waals surface area contributed by atoms with Crippen molar-refractivity contribution in [3.8, 4) is 6.07 Å². The lowest BCUT2D eigenvalue weighted by Crippen LogP contribution is -2.38. The van der Waals surface area contributed by atoms with Gasteiger partial charge in [0.05, 0.1) is 17.5 Å². The first-order valence-corrected chi connectivity index (χ1v) is 7.56. The molecule has 0 aliphatic heterocycles. The highest BCUT2D eigenvalue weighted by atomic mass is 32.2. The molecule has 1 rings (SSSR count). The van der Waals surface area contributed by atoms with Gasteiger partial charge < -0.3 is 0 Å². The normalized spacial score (nSPS) is 12.1. The monoisotopic (exact) mass is 284 g/mol. The van der Waals surface area contributed by atoms with E-state index in [9.17, 15) is 8.42 Å². The van der Waals surface area contributed by atoms with Crippen molar-refractivity contribution in [3.63, 3.8) is 0 Å². The molecule has 0 unspecified atom stereocenters. The molecule has 0 aliphatic rings. The summed E-state index contributed by atoms with van der Waals surface area (Å²) in [4.78, 5) is 0.252. The number of nitriles is 1. The van der Waals surface area contributed by atoms with E-state index in [-0.39, 0.29) is 23.9 Å². The Labute approximate surface area is 114 Å². The number of hydrogen-bond donors (Lipinski definition) is 0. The smallest absolute Gasteiger partial charge is 0.247 e. The highest BCUT2D eigenvalue weighted by Crippen LogP contribution is 2.24. The van der Waals surface area contributed by atoms with E-state index in [2.05, 4.69) is 5.10 Å². The Morgan fingerprint density at radius 3 is 2.37 bits per heavy atom. The molecule has 0 radical (unpaired) electrons. The van der Waals surface area contributed by atoms with Gasteiger partial charge in [0, 0.05) is 26.1 Å². The van der Waals surface area contributed by atoms with Crippen LogP contribution in [-0.2, 0) is 17.1 Å². The fourth-order valence-electron chi connectivity index (χ4n) is 2.06. The second-order valence-electron chi connectivity index (χ2n) is 4.74. The van der Waals surface area contributed by atoms with Crippen LogP contribution in [0.15, 0.2) is 4.90 Å². The minimum absolute atomic E-state index is 0.176. The van der Waals surface area contributed by atoms with Gasteiger partial charge in [-0.1, -0.05) is 0 Å². The molecule has 0 amide bonds. The second kappa shape index (κ2) is 5.72. The lowest BCUT2D eigenvalue weighted by molar-refractivity contribution is 0.360. The third-order valence-electron chi connectivity index (χ3n) is 3.03. The van der Waals surface area contributed by atoms with E-state index in [1.54, 1.807) is 39.4 Å². The third kappa shape index (κ3) is 2.96. The predicted octanol–water partition coefficient (Wildman–Crippen LogP) is 1.35. The van der Waals surface area contributed by atoms with Gasteiger partial charge in [-0.05, 0) is 27.7 Å². The van der Waals surface area contributed by atoms with Crippen molar-refractivity contribution in [3.05, 3.63) is 11.4 Å². The number of hydrogen-bond acceptors (Lipinski definition) is 4. The van der Waals surface area contributed by atoms with Gasteiger partial charge in [-0.25, -0.2) is 8.42 Å². The lowest BCUT2D eigenvalue weighted by Gasteiger charge is -2.25. The maximum absolute atomic E-state index is 12.7. The van der Waals surface area contributed by atoms with Crippen LogP contribution >= 0.6 is 0 Å².